The first kappa shape index (κ1) is 17.8. The Morgan fingerprint density at radius 3 is 2.84 bits per heavy atom. The molecule has 0 radical (unpaired) electrons. The fraction of sp³-hybridized carbons (Fsp3) is 0.526. The van der Waals surface area contributed by atoms with Crippen LogP contribution in [0.1, 0.15) is 32.8 Å². The third-order valence-electron chi connectivity index (χ3n) is 5.02. The number of nitrogens with zero attached hydrogens (tertiary/aromatic N) is 1. The number of aromatic nitrogens is 2. The van der Waals surface area contributed by atoms with Gasteiger partial charge < -0.3 is 19.9 Å². The van der Waals surface area contributed by atoms with Crippen LogP contribution in [0.25, 0.3) is 11.3 Å². The molecule has 2 aromatic rings. The van der Waals surface area contributed by atoms with Crippen LogP contribution >= 0.6 is 0 Å². The minimum atomic E-state index is -0.727. The summed E-state index contributed by atoms with van der Waals surface area (Å²) in [6.45, 7) is 8.36. The third-order valence-corrected chi connectivity index (χ3v) is 5.02. The SMILES string of the molecule is CCC(C)C(C)(O)CNCc1cn[nH]c1-c1ccc2c(c1)OCCO2. The molecule has 6 heteroatoms. The number of aromatic amines is 1. The van der Waals surface area contributed by atoms with Crippen LogP contribution in [0.2, 0.25) is 0 Å². The fourth-order valence-electron chi connectivity index (χ4n) is 2.96. The molecule has 2 heterocycles. The first-order chi connectivity index (χ1) is 12.0. The van der Waals surface area contributed by atoms with Crippen LogP contribution in [0.3, 0.4) is 0 Å². The van der Waals surface area contributed by atoms with E-state index < -0.39 is 5.60 Å². The highest BCUT2D eigenvalue weighted by molar-refractivity contribution is 5.66. The van der Waals surface area contributed by atoms with E-state index in [9.17, 15) is 5.11 Å². The van der Waals surface area contributed by atoms with Gasteiger partial charge in [-0.2, -0.15) is 5.10 Å². The number of hydrogen-bond donors (Lipinski definition) is 3. The summed E-state index contributed by atoms with van der Waals surface area (Å²) in [6, 6.07) is 5.90. The van der Waals surface area contributed by atoms with Crippen LogP contribution < -0.4 is 14.8 Å². The van der Waals surface area contributed by atoms with Crippen LogP contribution in [0.4, 0.5) is 0 Å². The Hall–Kier alpha value is -2.05. The smallest absolute Gasteiger partial charge is 0.162 e. The van der Waals surface area contributed by atoms with Gasteiger partial charge in [0.15, 0.2) is 11.5 Å². The Labute approximate surface area is 148 Å². The van der Waals surface area contributed by atoms with Crippen molar-refractivity contribution in [2.45, 2.75) is 39.3 Å². The summed E-state index contributed by atoms with van der Waals surface area (Å²) in [5.41, 5.74) is 2.28. The lowest BCUT2D eigenvalue weighted by molar-refractivity contribution is 0.00535. The Morgan fingerprint density at radius 1 is 1.32 bits per heavy atom. The predicted molar refractivity (Wildman–Crippen MR) is 96.8 cm³/mol. The van der Waals surface area contributed by atoms with Gasteiger partial charge in [-0.05, 0) is 31.0 Å². The summed E-state index contributed by atoms with van der Waals surface area (Å²) in [6.07, 6.45) is 2.76. The average Bonchev–Trinajstić information content (AvgIpc) is 3.08. The fourth-order valence-corrected chi connectivity index (χ4v) is 2.96. The number of benzene rings is 1. The molecule has 25 heavy (non-hydrogen) atoms. The number of hydrogen-bond acceptors (Lipinski definition) is 5. The standard InChI is InChI=1S/C19H27N3O3/c1-4-13(2)19(3,23)12-20-10-15-11-21-22-18(15)14-5-6-16-17(9-14)25-8-7-24-16/h5-6,9,11,13,20,23H,4,7-8,10,12H2,1-3H3,(H,21,22). The van der Waals surface area contributed by atoms with Crippen LogP contribution in [0.15, 0.2) is 24.4 Å². The normalized spacial score (nSPS) is 17.1. The summed E-state index contributed by atoms with van der Waals surface area (Å²) < 4.78 is 11.2. The second-order valence-corrected chi connectivity index (χ2v) is 6.90. The van der Waals surface area contributed by atoms with E-state index in [0.29, 0.717) is 26.3 Å². The maximum atomic E-state index is 10.5. The van der Waals surface area contributed by atoms with E-state index in [1.165, 1.54) is 0 Å². The summed E-state index contributed by atoms with van der Waals surface area (Å²) >= 11 is 0. The van der Waals surface area contributed by atoms with Crippen molar-refractivity contribution in [2.75, 3.05) is 19.8 Å². The zero-order valence-electron chi connectivity index (χ0n) is 15.1. The van der Waals surface area contributed by atoms with Gasteiger partial charge in [0.25, 0.3) is 0 Å². The first-order valence-corrected chi connectivity index (χ1v) is 8.86. The molecule has 1 aromatic heterocycles. The van der Waals surface area contributed by atoms with Gasteiger partial charge in [-0.15, -0.1) is 0 Å². The number of ether oxygens (including phenoxy) is 2. The predicted octanol–water partition coefficient (Wildman–Crippen LogP) is 2.73. The molecular weight excluding hydrogens is 318 g/mol. The molecule has 0 amide bonds. The highest BCUT2D eigenvalue weighted by Gasteiger charge is 2.26. The number of nitrogens with one attached hydrogen (secondary N) is 2. The molecule has 0 saturated carbocycles. The molecule has 2 atom stereocenters. The monoisotopic (exact) mass is 345 g/mol. The topological polar surface area (TPSA) is 79.4 Å². The van der Waals surface area contributed by atoms with Gasteiger partial charge in [-0.25, -0.2) is 0 Å². The van der Waals surface area contributed by atoms with Crippen molar-refractivity contribution < 1.29 is 14.6 Å². The molecule has 3 N–H and O–H groups in total. The molecule has 0 spiro atoms. The minimum Gasteiger partial charge on any atom is -0.486 e. The molecule has 1 aromatic carbocycles. The van der Waals surface area contributed by atoms with E-state index in [4.69, 9.17) is 9.47 Å². The van der Waals surface area contributed by atoms with Crippen molar-refractivity contribution in [3.05, 3.63) is 30.0 Å². The lowest BCUT2D eigenvalue weighted by Gasteiger charge is -2.30. The van der Waals surface area contributed by atoms with Crippen molar-refractivity contribution in [3.63, 3.8) is 0 Å². The van der Waals surface area contributed by atoms with E-state index in [-0.39, 0.29) is 5.92 Å². The van der Waals surface area contributed by atoms with Gasteiger partial charge in [0, 0.05) is 24.2 Å². The summed E-state index contributed by atoms with van der Waals surface area (Å²) in [5, 5.41) is 21.1. The van der Waals surface area contributed by atoms with E-state index in [2.05, 4.69) is 29.4 Å². The van der Waals surface area contributed by atoms with Crippen LogP contribution in [-0.2, 0) is 6.54 Å². The Bertz CT molecular complexity index is 712. The molecule has 1 aliphatic rings. The summed E-state index contributed by atoms with van der Waals surface area (Å²) in [7, 11) is 0. The van der Waals surface area contributed by atoms with Gasteiger partial charge in [0.1, 0.15) is 13.2 Å². The molecule has 6 nitrogen and oxygen atoms in total. The van der Waals surface area contributed by atoms with Gasteiger partial charge in [-0.1, -0.05) is 20.3 Å². The second-order valence-electron chi connectivity index (χ2n) is 6.90. The second kappa shape index (κ2) is 7.45. The van der Waals surface area contributed by atoms with Crippen LogP contribution in [0.5, 0.6) is 11.5 Å². The van der Waals surface area contributed by atoms with Crippen molar-refractivity contribution in [1.82, 2.24) is 15.5 Å². The Morgan fingerprint density at radius 2 is 2.08 bits per heavy atom. The largest absolute Gasteiger partial charge is 0.486 e. The number of fused-ring (bicyclic) bond motifs is 1. The molecule has 1 aliphatic heterocycles. The maximum absolute atomic E-state index is 10.5. The first-order valence-electron chi connectivity index (χ1n) is 8.86. The molecule has 3 rings (SSSR count). The maximum Gasteiger partial charge on any atom is 0.162 e. The van der Waals surface area contributed by atoms with Gasteiger partial charge in [0.05, 0.1) is 17.5 Å². The van der Waals surface area contributed by atoms with E-state index in [1.54, 1.807) is 0 Å². The number of aliphatic hydroxyl groups is 1. The molecule has 2 unspecified atom stereocenters. The van der Waals surface area contributed by atoms with Crippen molar-refractivity contribution in [2.24, 2.45) is 5.92 Å². The molecular formula is C19H27N3O3. The van der Waals surface area contributed by atoms with Gasteiger partial charge in [-0.3, -0.25) is 5.10 Å². The molecule has 0 saturated heterocycles. The van der Waals surface area contributed by atoms with Crippen LogP contribution in [0, 0.1) is 5.92 Å². The van der Waals surface area contributed by atoms with E-state index >= 15 is 0 Å². The van der Waals surface area contributed by atoms with Crippen molar-refractivity contribution in [3.8, 4) is 22.8 Å². The quantitative estimate of drug-likeness (QED) is 0.719. The minimum absolute atomic E-state index is 0.238. The van der Waals surface area contributed by atoms with E-state index in [0.717, 1.165) is 34.7 Å². The zero-order chi connectivity index (χ0) is 17.9. The van der Waals surface area contributed by atoms with Crippen molar-refractivity contribution >= 4 is 0 Å². The zero-order valence-corrected chi connectivity index (χ0v) is 15.1. The lowest BCUT2D eigenvalue weighted by atomic mass is 9.88. The number of H-pyrrole nitrogens is 1. The highest BCUT2D eigenvalue weighted by atomic mass is 16.6. The molecule has 136 valence electrons. The lowest BCUT2D eigenvalue weighted by Crippen LogP contribution is -2.42. The highest BCUT2D eigenvalue weighted by Crippen LogP contribution is 2.34. The third kappa shape index (κ3) is 3.96. The number of rotatable bonds is 7. The average molecular weight is 345 g/mol. The van der Waals surface area contributed by atoms with Crippen molar-refractivity contribution in [1.29, 1.82) is 0 Å². The Balaban J connectivity index is 1.69. The molecule has 0 aliphatic carbocycles. The van der Waals surface area contributed by atoms with E-state index in [1.807, 2.05) is 31.3 Å². The molecule has 0 fully saturated rings. The Kier molecular flexibility index (Phi) is 5.30. The summed E-state index contributed by atoms with van der Waals surface area (Å²) in [4.78, 5) is 0. The van der Waals surface area contributed by atoms with Gasteiger partial charge in [0.2, 0.25) is 0 Å². The van der Waals surface area contributed by atoms with Gasteiger partial charge >= 0.3 is 0 Å². The summed E-state index contributed by atoms with van der Waals surface area (Å²) in [5.74, 6) is 1.78. The van der Waals surface area contributed by atoms with Crippen LogP contribution in [-0.4, -0.2) is 40.7 Å². The molecule has 0 bridgehead atoms.